The smallest absolute Gasteiger partial charge is 0.317 e. The number of carbonyl (C=O) groups excluding carboxylic acids is 2. The molecule has 0 aromatic heterocycles. The van der Waals surface area contributed by atoms with E-state index < -0.39 is 61.3 Å². The summed E-state index contributed by atoms with van der Waals surface area (Å²) in [4.78, 5) is 23.3. The molecule has 2 saturated heterocycles. The van der Waals surface area contributed by atoms with Crippen LogP contribution in [0, 0.1) is 0 Å². The second-order valence-electron chi connectivity index (χ2n) is 5.20. The van der Waals surface area contributed by atoms with Crippen molar-refractivity contribution in [3.05, 3.63) is 0 Å². The zero-order valence-electron chi connectivity index (χ0n) is 12.3. The molecule has 0 aliphatic carbocycles. The molecule has 12 heteroatoms. The van der Waals surface area contributed by atoms with Crippen molar-refractivity contribution in [3.8, 4) is 0 Å². The highest BCUT2D eigenvalue weighted by molar-refractivity contribution is 7.87. The lowest BCUT2D eigenvalue weighted by molar-refractivity contribution is -0.160. The molecule has 2 fully saturated rings. The van der Waals surface area contributed by atoms with Gasteiger partial charge in [0.05, 0.1) is 0 Å². The summed E-state index contributed by atoms with van der Waals surface area (Å²) in [6.45, 7) is 2.02. The van der Waals surface area contributed by atoms with E-state index in [9.17, 15) is 26.4 Å². The van der Waals surface area contributed by atoms with Crippen LogP contribution in [0.2, 0.25) is 0 Å². The van der Waals surface area contributed by atoms with Crippen LogP contribution in [0.25, 0.3) is 0 Å². The lowest BCUT2D eigenvalue weighted by atomic mass is 10.3. The first-order valence-corrected chi connectivity index (χ1v) is 9.62. The van der Waals surface area contributed by atoms with Crippen molar-refractivity contribution in [3.63, 3.8) is 0 Å². The molecule has 0 saturated carbocycles. The van der Waals surface area contributed by atoms with Gasteiger partial charge in [0.2, 0.25) is 0 Å². The zero-order chi connectivity index (χ0) is 17.4. The SMILES string of the molecule is CC1C(OC(=O)CC(=O)OC2COS(=O)(=O)C2C)COS1(=O)=O. The second-order valence-corrected chi connectivity index (χ2v) is 9.13. The van der Waals surface area contributed by atoms with E-state index in [1.807, 2.05) is 0 Å². The molecule has 0 radical (unpaired) electrons. The predicted molar refractivity (Wildman–Crippen MR) is 73.0 cm³/mol. The van der Waals surface area contributed by atoms with Crippen LogP contribution in [0.15, 0.2) is 0 Å². The first kappa shape index (κ1) is 18.1. The first-order chi connectivity index (χ1) is 10.5. The van der Waals surface area contributed by atoms with Crippen molar-refractivity contribution in [1.82, 2.24) is 0 Å². The summed E-state index contributed by atoms with van der Waals surface area (Å²) in [5, 5.41) is -2.06. The van der Waals surface area contributed by atoms with Gasteiger partial charge in [-0.1, -0.05) is 0 Å². The summed E-state index contributed by atoms with van der Waals surface area (Å²) in [6, 6.07) is 0. The minimum Gasteiger partial charge on any atom is -0.458 e. The molecule has 0 bridgehead atoms. The highest BCUT2D eigenvalue weighted by atomic mass is 32.2. The van der Waals surface area contributed by atoms with Gasteiger partial charge in [-0.15, -0.1) is 0 Å². The number of rotatable bonds is 4. The molecule has 132 valence electrons. The van der Waals surface area contributed by atoms with Crippen molar-refractivity contribution >= 4 is 32.2 Å². The molecule has 0 N–H and O–H groups in total. The Kier molecular flexibility index (Phi) is 4.99. The van der Waals surface area contributed by atoms with E-state index in [1.54, 1.807) is 0 Å². The lowest BCUT2D eigenvalue weighted by Crippen LogP contribution is -2.32. The Bertz CT molecular complexity index is 634. The van der Waals surface area contributed by atoms with Crippen LogP contribution in [0.3, 0.4) is 0 Å². The van der Waals surface area contributed by atoms with Crippen LogP contribution < -0.4 is 0 Å². The molecule has 2 heterocycles. The number of carbonyl (C=O) groups is 2. The lowest BCUT2D eigenvalue weighted by Gasteiger charge is -2.15. The average Bonchev–Trinajstić information content (AvgIpc) is 2.83. The molecule has 23 heavy (non-hydrogen) atoms. The van der Waals surface area contributed by atoms with Crippen LogP contribution in [-0.4, -0.2) is 64.7 Å². The van der Waals surface area contributed by atoms with E-state index in [0.717, 1.165) is 0 Å². The van der Waals surface area contributed by atoms with E-state index in [1.165, 1.54) is 13.8 Å². The number of esters is 2. The normalized spacial score (nSPS) is 34.9. The second kappa shape index (κ2) is 6.34. The van der Waals surface area contributed by atoms with E-state index in [4.69, 9.17) is 9.47 Å². The van der Waals surface area contributed by atoms with Crippen molar-refractivity contribution in [2.75, 3.05) is 13.2 Å². The van der Waals surface area contributed by atoms with E-state index in [0.29, 0.717) is 0 Å². The standard InChI is InChI=1S/C11H16O10S2/c1-6-8(4-18-22(6,14)15)20-10(12)3-11(13)21-9-5-19-23(16,17)7(9)2/h6-9H,3-5H2,1-2H3. The van der Waals surface area contributed by atoms with Gasteiger partial charge in [-0.25, -0.2) is 0 Å². The molecule has 2 rings (SSSR count). The third-order valence-electron chi connectivity index (χ3n) is 3.61. The minimum atomic E-state index is -3.76. The molecule has 4 atom stereocenters. The molecule has 10 nitrogen and oxygen atoms in total. The van der Waals surface area contributed by atoms with Gasteiger partial charge in [0, 0.05) is 0 Å². The van der Waals surface area contributed by atoms with E-state index in [2.05, 4.69) is 8.37 Å². The Morgan fingerprint density at radius 3 is 1.48 bits per heavy atom. The molecule has 4 unspecified atom stereocenters. The Labute approximate surface area is 133 Å². The maximum Gasteiger partial charge on any atom is 0.317 e. The summed E-state index contributed by atoms with van der Waals surface area (Å²) >= 11 is 0. The molecule has 0 aromatic rings. The van der Waals surface area contributed by atoms with Gasteiger partial charge < -0.3 is 9.47 Å². The molecular formula is C11H16O10S2. The molecule has 0 spiro atoms. The summed E-state index contributed by atoms with van der Waals surface area (Å²) in [5.74, 6) is -1.97. The maximum absolute atomic E-state index is 11.6. The highest BCUT2D eigenvalue weighted by Crippen LogP contribution is 2.22. The van der Waals surface area contributed by atoms with Gasteiger partial charge in [0.1, 0.15) is 42.3 Å². The molecule has 2 aliphatic rings. The monoisotopic (exact) mass is 372 g/mol. The Morgan fingerprint density at radius 2 is 1.22 bits per heavy atom. The van der Waals surface area contributed by atoms with Crippen molar-refractivity contribution in [1.29, 1.82) is 0 Å². The van der Waals surface area contributed by atoms with Gasteiger partial charge in [-0.05, 0) is 13.8 Å². The quantitative estimate of drug-likeness (QED) is 0.332. The van der Waals surface area contributed by atoms with Crippen LogP contribution in [0.5, 0.6) is 0 Å². The van der Waals surface area contributed by atoms with Crippen molar-refractivity contribution < 1.29 is 44.3 Å². The predicted octanol–water partition coefficient (Wildman–Crippen LogP) is -1.30. The molecule has 2 aliphatic heterocycles. The Hall–Kier alpha value is -1.24. The van der Waals surface area contributed by atoms with Crippen LogP contribution in [-0.2, 0) is 47.7 Å². The first-order valence-electron chi connectivity index (χ1n) is 6.68. The van der Waals surface area contributed by atoms with Gasteiger partial charge >= 0.3 is 11.9 Å². The number of hydrogen-bond donors (Lipinski definition) is 0. The topological polar surface area (TPSA) is 139 Å². The molecule has 0 aromatic carbocycles. The number of ether oxygens (including phenoxy) is 2. The summed E-state index contributed by atoms with van der Waals surface area (Å²) in [7, 11) is -7.53. The average molecular weight is 372 g/mol. The van der Waals surface area contributed by atoms with Crippen LogP contribution >= 0.6 is 0 Å². The van der Waals surface area contributed by atoms with Crippen LogP contribution in [0.4, 0.5) is 0 Å². The zero-order valence-corrected chi connectivity index (χ0v) is 14.0. The van der Waals surface area contributed by atoms with Crippen molar-refractivity contribution in [2.45, 2.75) is 43.0 Å². The third-order valence-corrected chi connectivity index (χ3v) is 6.96. The van der Waals surface area contributed by atoms with Crippen molar-refractivity contribution in [2.24, 2.45) is 0 Å². The van der Waals surface area contributed by atoms with E-state index in [-0.39, 0.29) is 13.2 Å². The Morgan fingerprint density at radius 1 is 0.870 bits per heavy atom. The van der Waals surface area contributed by atoms with Gasteiger partial charge in [0.25, 0.3) is 20.2 Å². The molecule has 0 amide bonds. The minimum absolute atomic E-state index is 0.309. The summed E-state index contributed by atoms with van der Waals surface area (Å²) in [6.07, 6.45) is -2.78. The third kappa shape index (κ3) is 4.00. The van der Waals surface area contributed by atoms with Gasteiger partial charge in [0.15, 0.2) is 0 Å². The maximum atomic E-state index is 11.6. The molecular weight excluding hydrogens is 356 g/mol. The van der Waals surface area contributed by atoms with Gasteiger partial charge in [-0.3, -0.25) is 18.0 Å². The summed E-state index contributed by atoms with van der Waals surface area (Å²) in [5.41, 5.74) is 0. The van der Waals surface area contributed by atoms with Crippen LogP contribution in [0.1, 0.15) is 20.3 Å². The number of hydrogen-bond acceptors (Lipinski definition) is 10. The fourth-order valence-electron chi connectivity index (χ4n) is 1.98. The van der Waals surface area contributed by atoms with Gasteiger partial charge in [-0.2, -0.15) is 16.8 Å². The fraction of sp³-hybridized carbons (Fsp3) is 0.818. The largest absolute Gasteiger partial charge is 0.458 e. The fourth-order valence-corrected chi connectivity index (χ4v) is 4.07. The summed E-state index contributed by atoms with van der Waals surface area (Å²) < 4.78 is 64.1. The highest BCUT2D eigenvalue weighted by Gasteiger charge is 2.42. The van der Waals surface area contributed by atoms with E-state index >= 15 is 0 Å². The Balaban J connectivity index is 1.83.